The minimum atomic E-state index is -0.915. The monoisotopic (exact) mass is 249 g/mol. The summed E-state index contributed by atoms with van der Waals surface area (Å²) in [7, 11) is 0. The lowest BCUT2D eigenvalue weighted by Crippen LogP contribution is -2.38. The van der Waals surface area contributed by atoms with Gasteiger partial charge < -0.3 is 19.8 Å². The fraction of sp³-hybridized carbons (Fsp3) is 0.909. The maximum absolute atomic E-state index is 11.2. The van der Waals surface area contributed by atoms with Gasteiger partial charge in [0.25, 0.3) is 0 Å². The van der Waals surface area contributed by atoms with Gasteiger partial charge in [0.1, 0.15) is 6.61 Å². The molecule has 0 rings (SSSR count). The molecular weight excluding hydrogens is 226 g/mol. The van der Waals surface area contributed by atoms with E-state index in [9.17, 15) is 9.90 Å². The third-order valence-corrected chi connectivity index (χ3v) is 1.84. The number of hydrogen-bond donors (Lipinski definition) is 3. The molecular formula is C11H23NO5. The van der Waals surface area contributed by atoms with Gasteiger partial charge in [0.05, 0.1) is 24.2 Å². The van der Waals surface area contributed by atoms with E-state index < -0.39 is 17.2 Å². The summed E-state index contributed by atoms with van der Waals surface area (Å²) in [6.07, 6.45) is 0.0953. The number of carbonyl (C=O) groups is 1. The lowest BCUT2D eigenvalue weighted by molar-refractivity contribution is -0.158. The SMILES string of the molecule is CC(C)(O)COC(C)(C)COC(=O)CCNO. The molecule has 0 aromatic heterocycles. The first-order chi connectivity index (χ1) is 7.66. The van der Waals surface area contributed by atoms with Gasteiger partial charge in [-0.05, 0) is 27.7 Å². The Morgan fingerprint density at radius 2 is 1.82 bits per heavy atom. The molecule has 0 aromatic carbocycles. The Kier molecular flexibility index (Phi) is 6.62. The Morgan fingerprint density at radius 3 is 2.29 bits per heavy atom. The second-order valence-electron chi connectivity index (χ2n) is 5.18. The Labute approximate surface area is 102 Å². The average molecular weight is 249 g/mol. The molecule has 0 radical (unpaired) electrons. The van der Waals surface area contributed by atoms with Gasteiger partial charge in [-0.2, -0.15) is 0 Å². The zero-order chi connectivity index (χ0) is 13.5. The Hall–Kier alpha value is -0.690. The number of hydrogen-bond acceptors (Lipinski definition) is 6. The van der Waals surface area contributed by atoms with Crippen molar-refractivity contribution in [3.8, 4) is 0 Å². The summed E-state index contributed by atoms with van der Waals surface area (Å²) in [4.78, 5) is 11.2. The van der Waals surface area contributed by atoms with Crippen LogP contribution < -0.4 is 5.48 Å². The van der Waals surface area contributed by atoms with E-state index in [1.54, 1.807) is 27.7 Å². The molecule has 17 heavy (non-hydrogen) atoms. The molecule has 6 nitrogen and oxygen atoms in total. The van der Waals surface area contributed by atoms with Crippen LogP contribution in [0.25, 0.3) is 0 Å². The van der Waals surface area contributed by atoms with E-state index in [1.165, 1.54) is 0 Å². The molecule has 0 unspecified atom stereocenters. The third-order valence-electron chi connectivity index (χ3n) is 1.84. The van der Waals surface area contributed by atoms with Crippen LogP contribution in [0.2, 0.25) is 0 Å². The first-order valence-corrected chi connectivity index (χ1v) is 5.55. The van der Waals surface area contributed by atoms with Gasteiger partial charge in [0.2, 0.25) is 0 Å². The summed E-state index contributed by atoms with van der Waals surface area (Å²) in [6, 6.07) is 0. The van der Waals surface area contributed by atoms with Crippen LogP contribution in [0.15, 0.2) is 0 Å². The smallest absolute Gasteiger partial charge is 0.307 e. The number of carbonyl (C=O) groups excluding carboxylic acids is 1. The molecule has 0 bridgehead atoms. The summed E-state index contributed by atoms with van der Waals surface area (Å²) in [5.74, 6) is -0.411. The van der Waals surface area contributed by atoms with Crippen molar-refractivity contribution in [2.75, 3.05) is 19.8 Å². The first kappa shape index (κ1) is 16.3. The number of rotatable bonds is 8. The van der Waals surface area contributed by atoms with Crippen molar-refractivity contribution in [2.45, 2.75) is 45.3 Å². The van der Waals surface area contributed by atoms with Crippen molar-refractivity contribution in [3.05, 3.63) is 0 Å². The van der Waals surface area contributed by atoms with E-state index >= 15 is 0 Å². The predicted octanol–water partition coefficient (Wildman–Crippen LogP) is 0.465. The van der Waals surface area contributed by atoms with E-state index in [4.69, 9.17) is 14.7 Å². The molecule has 0 saturated heterocycles. The van der Waals surface area contributed by atoms with E-state index in [1.807, 2.05) is 5.48 Å². The van der Waals surface area contributed by atoms with Gasteiger partial charge in [-0.25, -0.2) is 5.48 Å². The number of hydroxylamine groups is 1. The van der Waals surface area contributed by atoms with Gasteiger partial charge in [-0.15, -0.1) is 0 Å². The van der Waals surface area contributed by atoms with Crippen molar-refractivity contribution in [1.29, 1.82) is 0 Å². The van der Waals surface area contributed by atoms with Gasteiger partial charge in [-0.1, -0.05) is 0 Å². The minimum Gasteiger partial charge on any atom is -0.463 e. The molecule has 6 heteroatoms. The normalized spacial score (nSPS) is 12.6. The lowest BCUT2D eigenvalue weighted by Gasteiger charge is -2.28. The van der Waals surface area contributed by atoms with Crippen molar-refractivity contribution >= 4 is 5.97 Å². The summed E-state index contributed by atoms with van der Waals surface area (Å²) in [5.41, 5.74) is 0.311. The van der Waals surface area contributed by atoms with E-state index in [0.717, 1.165) is 0 Å². The zero-order valence-corrected chi connectivity index (χ0v) is 10.9. The van der Waals surface area contributed by atoms with Gasteiger partial charge in [0.15, 0.2) is 0 Å². The Bertz CT molecular complexity index is 235. The number of aliphatic hydroxyl groups is 1. The number of esters is 1. The molecule has 0 saturated carbocycles. The summed E-state index contributed by atoms with van der Waals surface area (Å²) >= 11 is 0. The predicted molar refractivity (Wildman–Crippen MR) is 61.7 cm³/mol. The second-order valence-corrected chi connectivity index (χ2v) is 5.18. The van der Waals surface area contributed by atoms with E-state index in [0.29, 0.717) is 0 Å². The summed E-state index contributed by atoms with van der Waals surface area (Å²) in [6.45, 7) is 7.25. The van der Waals surface area contributed by atoms with E-state index in [2.05, 4.69) is 0 Å². The quantitative estimate of drug-likeness (QED) is 0.428. The van der Waals surface area contributed by atoms with Gasteiger partial charge in [0, 0.05) is 6.54 Å². The van der Waals surface area contributed by atoms with Crippen LogP contribution in [0.4, 0.5) is 0 Å². The van der Waals surface area contributed by atoms with Crippen molar-refractivity contribution in [1.82, 2.24) is 5.48 Å². The van der Waals surface area contributed by atoms with Gasteiger partial charge >= 0.3 is 5.97 Å². The van der Waals surface area contributed by atoms with Crippen LogP contribution >= 0.6 is 0 Å². The molecule has 0 heterocycles. The molecule has 0 amide bonds. The molecule has 0 fully saturated rings. The Balaban J connectivity index is 3.88. The largest absolute Gasteiger partial charge is 0.463 e. The minimum absolute atomic E-state index is 0.0953. The fourth-order valence-corrected chi connectivity index (χ4v) is 0.898. The molecule has 102 valence electrons. The van der Waals surface area contributed by atoms with Crippen LogP contribution in [0.3, 0.4) is 0 Å². The molecule has 0 spiro atoms. The highest BCUT2D eigenvalue weighted by Crippen LogP contribution is 2.13. The maximum atomic E-state index is 11.2. The second kappa shape index (κ2) is 6.90. The van der Waals surface area contributed by atoms with Crippen molar-refractivity contribution in [2.24, 2.45) is 0 Å². The number of ether oxygens (including phenoxy) is 2. The van der Waals surface area contributed by atoms with Crippen LogP contribution in [0.1, 0.15) is 34.1 Å². The lowest BCUT2D eigenvalue weighted by atomic mass is 10.1. The summed E-state index contributed by atoms with van der Waals surface area (Å²) < 4.78 is 10.4. The van der Waals surface area contributed by atoms with E-state index in [-0.39, 0.29) is 26.2 Å². The van der Waals surface area contributed by atoms with Crippen LogP contribution in [-0.2, 0) is 14.3 Å². The van der Waals surface area contributed by atoms with Crippen molar-refractivity contribution in [3.63, 3.8) is 0 Å². The standard InChI is InChI=1S/C11H23NO5/c1-10(2,14)7-17-11(3,4)8-16-9(13)5-6-12-15/h12,14-15H,5-8H2,1-4H3. The third kappa shape index (κ3) is 10.2. The highest BCUT2D eigenvalue weighted by Gasteiger charge is 2.24. The number of nitrogens with one attached hydrogen (secondary N) is 1. The van der Waals surface area contributed by atoms with Gasteiger partial charge in [-0.3, -0.25) is 4.79 Å². The highest BCUT2D eigenvalue weighted by molar-refractivity contribution is 5.69. The fourth-order valence-electron chi connectivity index (χ4n) is 0.898. The van der Waals surface area contributed by atoms with Crippen molar-refractivity contribution < 1.29 is 24.6 Å². The average Bonchev–Trinajstić information content (AvgIpc) is 2.20. The topological polar surface area (TPSA) is 88.0 Å². The van der Waals surface area contributed by atoms with Crippen LogP contribution in [-0.4, -0.2) is 47.2 Å². The zero-order valence-electron chi connectivity index (χ0n) is 10.9. The maximum Gasteiger partial charge on any atom is 0.307 e. The molecule has 0 aliphatic heterocycles. The molecule has 0 aliphatic carbocycles. The summed E-state index contributed by atoms with van der Waals surface area (Å²) in [5, 5.41) is 17.8. The first-order valence-electron chi connectivity index (χ1n) is 5.55. The van der Waals surface area contributed by atoms with Crippen LogP contribution in [0, 0.1) is 0 Å². The Morgan fingerprint density at radius 1 is 1.24 bits per heavy atom. The molecule has 0 atom stereocenters. The van der Waals surface area contributed by atoms with Crippen LogP contribution in [0.5, 0.6) is 0 Å². The molecule has 0 aliphatic rings. The molecule has 3 N–H and O–H groups in total. The molecule has 0 aromatic rings. The highest BCUT2D eigenvalue weighted by atomic mass is 16.6.